The Labute approximate surface area is 243 Å². The van der Waals surface area contributed by atoms with Crippen LogP contribution in [-0.4, -0.2) is 41.6 Å². The summed E-state index contributed by atoms with van der Waals surface area (Å²) in [4.78, 5) is 35.8. The third-order valence-electron chi connectivity index (χ3n) is 5.46. The van der Waals surface area contributed by atoms with Crippen LogP contribution in [0.2, 0.25) is 5.02 Å². The summed E-state index contributed by atoms with van der Waals surface area (Å²) in [6, 6.07) is 13.7. The van der Waals surface area contributed by atoms with Crippen molar-refractivity contribution >= 4 is 73.6 Å². The molecule has 0 aliphatic carbocycles. The van der Waals surface area contributed by atoms with Crippen molar-refractivity contribution in [2.75, 3.05) is 7.11 Å². The van der Waals surface area contributed by atoms with Crippen molar-refractivity contribution in [2.45, 2.75) is 11.8 Å². The minimum atomic E-state index is -4.44. The number of nitrogens with zero attached hydrogens (tertiary/aromatic N) is 2. The van der Waals surface area contributed by atoms with E-state index in [1.807, 2.05) is 0 Å². The number of benzene rings is 3. The lowest BCUT2D eigenvalue weighted by atomic mass is 10.2. The molecular formula is C25H18ClN3O8S3. The van der Waals surface area contributed by atoms with E-state index in [1.54, 1.807) is 0 Å². The molecule has 11 nitrogen and oxygen atoms in total. The summed E-state index contributed by atoms with van der Waals surface area (Å²) in [5, 5.41) is 12.6. The molecule has 2 amide bonds. The van der Waals surface area contributed by atoms with Gasteiger partial charge in [-0.05, 0) is 73.2 Å². The normalized spacial score (nSPS) is 14.4. The number of nitrogens with one attached hydrogen (secondary N) is 1. The van der Waals surface area contributed by atoms with Crippen molar-refractivity contribution in [3.63, 3.8) is 0 Å². The zero-order valence-corrected chi connectivity index (χ0v) is 23.8. The molecule has 0 bridgehead atoms. The molecule has 1 fully saturated rings. The SMILES string of the molecule is COc1cc(/C=C2\SC(=S)N(NC(=O)c3ccc(Cl)cc3)C2=O)ccc1OS(=O)(=O)c1ccc(C)c([N+](=O)[O-])c1. The predicted octanol–water partition coefficient (Wildman–Crippen LogP) is 4.88. The highest BCUT2D eigenvalue weighted by molar-refractivity contribution is 8.26. The van der Waals surface area contributed by atoms with Crippen molar-refractivity contribution in [2.24, 2.45) is 0 Å². The summed E-state index contributed by atoms with van der Waals surface area (Å²) in [6.45, 7) is 1.48. The van der Waals surface area contributed by atoms with Gasteiger partial charge >= 0.3 is 10.1 Å². The zero-order chi connectivity index (χ0) is 29.2. The van der Waals surface area contributed by atoms with E-state index >= 15 is 0 Å². The number of thioether (sulfide) groups is 1. The number of nitro benzene ring substituents is 1. The van der Waals surface area contributed by atoms with Gasteiger partial charge in [0.05, 0.1) is 16.9 Å². The van der Waals surface area contributed by atoms with Gasteiger partial charge in [0, 0.05) is 22.2 Å². The molecule has 1 heterocycles. The molecule has 1 N–H and O–H groups in total. The number of methoxy groups -OCH3 is 1. The molecule has 0 atom stereocenters. The van der Waals surface area contributed by atoms with E-state index in [2.05, 4.69) is 5.43 Å². The molecule has 3 aromatic carbocycles. The minimum absolute atomic E-state index is 0.0189. The standard InChI is InChI=1S/C25H18ClN3O8S3/c1-14-3-9-18(13-19(14)29(32)33)40(34,35)37-20-10-4-15(11-21(20)36-2)12-22-24(31)28(25(38)39-22)27-23(30)16-5-7-17(26)8-6-16/h3-13H,1-2H3,(H,27,30)/b22-12-. The summed E-state index contributed by atoms with van der Waals surface area (Å²) in [7, 11) is -3.15. The first-order valence-electron chi connectivity index (χ1n) is 11.1. The van der Waals surface area contributed by atoms with Crippen molar-refractivity contribution in [3.8, 4) is 11.5 Å². The van der Waals surface area contributed by atoms with Crippen LogP contribution < -0.4 is 14.3 Å². The first-order valence-corrected chi connectivity index (χ1v) is 14.1. The molecule has 15 heteroatoms. The van der Waals surface area contributed by atoms with Gasteiger partial charge in [0.1, 0.15) is 4.90 Å². The fourth-order valence-electron chi connectivity index (χ4n) is 3.43. The Kier molecular flexibility index (Phi) is 8.44. The van der Waals surface area contributed by atoms with Gasteiger partial charge in [-0.2, -0.15) is 13.4 Å². The molecule has 0 spiro atoms. The Bertz CT molecular complexity index is 1690. The average Bonchev–Trinajstić information content (AvgIpc) is 3.16. The Morgan fingerprint density at radius 2 is 1.82 bits per heavy atom. The van der Waals surface area contributed by atoms with E-state index in [4.69, 9.17) is 32.7 Å². The number of hydrogen-bond donors (Lipinski definition) is 1. The van der Waals surface area contributed by atoms with E-state index in [1.165, 1.54) is 74.7 Å². The van der Waals surface area contributed by atoms with Gasteiger partial charge in [-0.1, -0.05) is 35.5 Å². The monoisotopic (exact) mass is 619 g/mol. The maximum Gasteiger partial charge on any atom is 0.339 e. The van der Waals surface area contributed by atoms with Crippen LogP contribution in [0.3, 0.4) is 0 Å². The maximum atomic E-state index is 12.9. The van der Waals surface area contributed by atoms with Crippen molar-refractivity contribution in [1.29, 1.82) is 0 Å². The third kappa shape index (κ3) is 6.25. The van der Waals surface area contributed by atoms with Crippen LogP contribution in [0.4, 0.5) is 5.69 Å². The number of hydrogen-bond acceptors (Lipinski definition) is 10. The van der Waals surface area contributed by atoms with E-state index in [-0.39, 0.29) is 32.0 Å². The fraction of sp³-hybridized carbons (Fsp3) is 0.0800. The lowest BCUT2D eigenvalue weighted by Crippen LogP contribution is -2.44. The molecule has 0 unspecified atom stereocenters. The second-order valence-electron chi connectivity index (χ2n) is 8.12. The number of amides is 2. The molecule has 0 aromatic heterocycles. The molecule has 1 aliphatic rings. The largest absolute Gasteiger partial charge is 0.493 e. The molecular weight excluding hydrogens is 602 g/mol. The number of thiocarbonyl (C=S) groups is 1. The number of carbonyl (C=O) groups excluding carboxylic acids is 2. The predicted molar refractivity (Wildman–Crippen MR) is 153 cm³/mol. The van der Waals surface area contributed by atoms with Crippen LogP contribution >= 0.6 is 35.6 Å². The number of nitro groups is 1. The molecule has 0 saturated carbocycles. The van der Waals surface area contributed by atoms with Crippen molar-refractivity contribution in [3.05, 3.63) is 97.4 Å². The minimum Gasteiger partial charge on any atom is -0.493 e. The summed E-state index contributed by atoms with van der Waals surface area (Å²) >= 11 is 12.0. The first-order chi connectivity index (χ1) is 18.9. The summed E-state index contributed by atoms with van der Waals surface area (Å²) in [6.07, 6.45) is 1.48. The van der Waals surface area contributed by atoms with Gasteiger partial charge in [-0.25, -0.2) is 0 Å². The zero-order valence-electron chi connectivity index (χ0n) is 20.6. The van der Waals surface area contributed by atoms with Crippen LogP contribution in [0, 0.1) is 17.0 Å². The molecule has 3 aromatic rings. The quantitative estimate of drug-likeness (QED) is 0.122. The van der Waals surface area contributed by atoms with Crippen molar-refractivity contribution < 1.29 is 31.9 Å². The highest BCUT2D eigenvalue weighted by atomic mass is 35.5. The summed E-state index contributed by atoms with van der Waals surface area (Å²) in [5.41, 5.74) is 3.11. The van der Waals surface area contributed by atoms with Crippen molar-refractivity contribution in [1.82, 2.24) is 10.4 Å². The Balaban J connectivity index is 1.54. The van der Waals surface area contributed by atoms with Crippen LogP contribution in [0.5, 0.6) is 11.5 Å². The van der Waals surface area contributed by atoms with Crippen LogP contribution in [-0.2, 0) is 14.9 Å². The lowest BCUT2D eigenvalue weighted by molar-refractivity contribution is -0.385. The lowest BCUT2D eigenvalue weighted by Gasteiger charge is -2.15. The third-order valence-corrected chi connectivity index (χ3v) is 8.25. The summed E-state index contributed by atoms with van der Waals surface area (Å²) < 4.78 is 36.2. The van der Waals surface area contributed by atoms with Gasteiger partial charge in [0.2, 0.25) is 0 Å². The smallest absolute Gasteiger partial charge is 0.339 e. The Morgan fingerprint density at radius 3 is 2.48 bits per heavy atom. The molecule has 40 heavy (non-hydrogen) atoms. The molecule has 1 saturated heterocycles. The van der Waals surface area contributed by atoms with Crippen LogP contribution in [0.1, 0.15) is 21.5 Å². The van der Waals surface area contributed by atoms with E-state index in [0.29, 0.717) is 16.1 Å². The maximum absolute atomic E-state index is 12.9. The average molecular weight is 620 g/mol. The Hall–Kier alpha value is -3.98. The van der Waals surface area contributed by atoms with Gasteiger partial charge < -0.3 is 8.92 Å². The van der Waals surface area contributed by atoms with Gasteiger partial charge in [0.25, 0.3) is 17.5 Å². The Morgan fingerprint density at radius 1 is 1.12 bits per heavy atom. The first kappa shape index (κ1) is 29.0. The van der Waals surface area contributed by atoms with Crippen LogP contribution in [0.25, 0.3) is 6.08 Å². The number of ether oxygens (including phenoxy) is 1. The second kappa shape index (κ2) is 11.6. The molecule has 1 aliphatic heterocycles. The number of rotatable bonds is 8. The van der Waals surface area contributed by atoms with E-state index < -0.39 is 31.8 Å². The van der Waals surface area contributed by atoms with Gasteiger partial charge in [-0.15, -0.1) is 0 Å². The fourth-order valence-corrected chi connectivity index (χ4v) is 5.70. The summed E-state index contributed by atoms with van der Waals surface area (Å²) in [5.74, 6) is -1.28. The number of carbonyl (C=O) groups is 2. The van der Waals surface area contributed by atoms with Gasteiger partial charge in [-0.3, -0.25) is 25.1 Å². The van der Waals surface area contributed by atoms with Crippen LogP contribution in [0.15, 0.2) is 70.5 Å². The van der Waals surface area contributed by atoms with E-state index in [9.17, 15) is 28.1 Å². The highest BCUT2D eigenvalue weighted by Crippen LogP contribution is 2.35. The second-order valence-corrected chi connectivity index (χ2v) is 11.8. The van der Waals surface area contributed by atoms with Gasteiger partial charge in [0.15, 0.2) is 15.8 Å². The van der Waals surface area contributed by atoms with E-state index in [0.717, 1.165) is 22.8 Å². The highest BCUT2D eigenvalue weighted by Gasteiger charge is 2.34. The topological polar surface area (TPSA) is 145 Å². The number of halogens is 1. The number of hydrazine groups is 1. The number of aryl methyl sites for hydroxylation is 1. The molecule has 0 radical (unpaired) electrons. The molecule has 4 rings (SSSR count). The molecule has 206 valence electrons.